The molecular weight excluding hydrogens is 350 g/mol. The Kier molecular flexibility index (Phi) is 5.18. The van der Waals surface area contributed by atoms with Crippen molar-refractivity contribution < 1.29 is 14.3 Å². The van der Waals surface area contributed by atoms with Gasteiger partial charge in [0, 0.05) is 12.6 Å². The second kappa shape index (κ2) is 7.53. The van der Waals surface area contributed by atoms with Crippen LogP contribution in [0.2, 0.25) is 0 Å². The zero-order chi connectivity index (χ0) is 18.7. The average molecular weight is 369 g/mol. The highest BCUT2D eigenvalue weighted by Gasteiger charge is 2.11. The first kappa shape index (κ1) is 17.9. The summed E-state index contributed by atoms with van der Waals surface area (Å²) in [5.41, 5.74) is 3.44. The molecule has 1 heterocycles. The topological polar surface area (TPSA) is 80.3 Å². The maximum atomic E-state index is 12.2. The van der Waals surface area contributed by atoms with Crippen molar-refractivity contribution >= 4 is 44.2 Å². The minimum Gasteiger partial charge on any atom is -0.483 e. The minimum atomic E-state index is -0.270. The molecule has 0 bridgehead atoms. The van der Waals surface area contributed by atoms with E-state index in [0.29, 0.717) is 10.8 Å². The molecule has 0 aliphatic carbocycles. The van der Waals surface area contributed by atoms with Crippen molar-refractivity contribution in [2.45, 2.75) is 20.8 Å². The molecule has 0 aliphatic heterocycles. The number of anilines is 2. The summed E-state index contributed by atoms with van der Waals surface area (Å²) in [4.78, 5) is 27.7. The van der Waals surface area contributed by atoms with Crippen molar-refractivity contribution in [1.82, 2.24) is 4.98 Å². The lowest BCUT2D eigenvalue weighted by Crippen LogP contribution is -2.20. The molecule has 0 saturated heterocycles. The van der Waals surface area contributed by atoms with Crippen LogP contribution in [0.1, 0.15) is 18.1 Å². The summed E-state index contributed by atoms with van der Waals surface area (Å²) >= 11 is 1.34. The number of para-hydroxylation sites is 1. The molecule has 2 aromatic carbocycles. The highest BCUT2D eigenvalue weighted by atomic mass is 32.1. The van der Waals surface area contributed by atoms with Crippen molar-refractivity contribution in [2.24, 2.45) is 0 Å². The van der Waals surface area contributed by atoms with Gasteiger partial charge in [0.1, 0.15) is 5.75 Å². The summed E-state index contributed by atoms with van der Waals surface area (Å²) < 4.78 is 6.53. The van der Waals surface area contributed by atoms with Gasteiger partial charge in [-0.3, -0.25) is 14.9 Å². The number of aryl methyl sites for hydroxylation is 2. The molecule has 1 aromatic heterocycles. The van der Waals surface area contributed by atoms with Gasteiger partial charge in [-0.15, -0.1) is 0 Å². The molecule has 0 radical (unpaired) electrons. The van der Waals surface area contributed by atoms with Gasteiger partial charge in [-0.2, -0.15) is 0 Å². The minimum absolute atomic E-state index is 0.0846. The maximum Gasteiger partial charge on any atom is 0.264 e. The molecular formula is C19H19N3O3S. The van der Waals surface area contributed by atoms with Crippen LogP contribution in [0, 0.1) is 13.8 Å². The van der Waals surface area contributed by atoms with Gasteiger partial charge in [-0.25, -0.2) is 4.98 Å². The smallest absolute Gasteiger partial charge is 0.264 e. The molecule has 2 amide bonds. The number of nitrogens with one attached hydrogen (secondary N) is 2. The number of hydrogen-bond donors (Lipinski definition) is 2. The van der Waals surface area contributed by atoms with Gasteiger partial charge in [0.15, 0.2) is 11.7 Å². The molecule has 26 heavy (non-hydrogen) atoms. The predicted molar refractivity (Wildman–Crippen MR) is 104 cm³/mol. The Labute approximate surface area is 155 Å². The average Bonchev–Trinajstić information content (AvgIpc) is 2.95. The first-order valence-corrected chi connectivity index (χ1v) is 8.91. The number of amides is 2. The van der Waals surface area contributed by atoms with E-state index in [0.717, 1.165) is 27.1 Å². The highest BCUT2D eigenvalue weighted by molar-refractivity contribution is 7.22. The molecule has 0 atom stereocenters. The van der Waals surface area contributed by atoms with E-state index in [1.165, 1.54) is 18.3 Å². The lowest BCUT2D eigenvalue weighted by atomic mass is 10.1. The zero-order valence-corrected chi connectivity index (χ0v) is 15.6. The number of benzene rings is 2. The summed E-state index contributed by atoms with van der Waals surface area (Å²) in [6.07, 6.45) is 0. The Bertz CT molecular complexity index is 961. The predicted octanol–water partition coefficient (Wildman–Crippen LogP) is 3.89. The second-order valence-electron chi connectivity index (χ2n) is 5.94. The van der Waals surface area contributed by atoms with Crippen LogP contribution >= 0.6 is 11.3 Å². The fraction of sp³-hybridized carbons (Fsp3) is 0.211. The summed E-state index contributed by atoms with van der Waals surface area (Å²) in [5.74, 6) is 0.326. The van der Waals surface area contributed by atoms with E-state index in [1.807, 2.05) is 38.1 Å². The molecule has 7 heteroatoms. The van der Waals surface area contributed by atoms with Gasteiger partial charge in [0.25, 0.3) is 5.91 Å². The second-order valence-corrected chi connectivity index (χ2v) is 6.97. The standard InChI is InChI=1S/C19H19N3O3S/c1-11-5-4-6-12(2)18(11)25-10-17(24)22-19-21-15-8-7-14(20-13(3)23)9-16(15)26-19/h4-9H,10H2,1-3H3,(H,20,23)(H,21,22,24). The number of carbonyl (C=O) groups excluding carboxylic acids is 2. The first-order chi connectivity index (χ1) is 12.4. The molecule has 0 aliphatic rings. The van der Waals surface area contributed by atoms with E-state index in [9.17, 15) is 9.59 Å². The SMILES string of the molecule is CC(=O)Nc1ccc2nc(NC(=O)COc3c(C)cccc3C)sc2c1. The molecule has 0 unspecified atom stereocenters. The number of ether oxygens (including phenoxy) is 1. The normalized spacial score (nSPS) is 10.6. The fourth-order valence-electron chi connectivity index (χ4n) is 2.58. The van der Waals surface area contributed by atoms with Crippen LogP contribution in [0.4, 0.5) is 10.8 Å². The number of nitrogens with zero attached hydrogens (tertiary/aromatic N) is 1. The summed E-state index contributed by atoms with van der Waals surface area (Å²) in [5, 5.41) is 5.98. The Morgan fingerprint density at radius 1 is 1.12 bits per heavy atom. The van der Waals surface area contributed by atoms with Gasteiger partial charge in [-0.05, 0) is 43.2 Å². The van der Waals surface area contributed by atoms with E-state index >= 15 is 0 Å². The molecule has 0 saturated carbocycles. The molecule has 0 spiro atoms. The number of hydrogen-bond acceptors (Lipinski definition) is 5. The number of fused-ring (bicyclic) bond motifs is 1. The van der Waals surface area contributed by atoms with Gasteiger partial charge in [0.05, 0.1) is 10.2 Å². The van der Waals surface area contributed by atoms with Gasteiger partial charge in [0.2, 0.25) is 5.91 Å². The van der Waals surface area contributed by atoms with E-state index in [-0.39, 0.29) is 18.4 Å². The fourth-order valence-corrected chi connectivity index (χ4v) is 3.50. The Hall–Kier alpha value is -2.93. The number of rotatable bonds is 5. The van der Waals surface area contributed by atoms with E-state index in [1.54, 1.807) is 12.1 Å². The van der Waals surface area contributed by atoms with Crippen LogP contribution in [0.15, 0.2) is 36.4 Å². The van der Waals surface area contributed by atoms with Crippen molar-refractivity contribution in [1.29, 1.82) is 0 Å². The van der Waals surface area contributed by atoms with Gasteiger partial charge < -0.3 is 10.1 Å². The summed E-state index contributed by atoms with van der Waals surface area (Å²) in [6.45, 7) is 5.26. The van der Waals surface area contributed by atoms with Gasteiger partial charge in [-0.1, -0.05) is 29.5 Å². The third-order valence-corrected chi connectivity index (χ3v) is 4.65. The summed E-state index contributed by atoms with van der Waals surface area (Å²) in [6, 6.07) is 11.3. The van der Waals surface area contributed by atoms with Crippen LogP contribution in [-0.4, -0.2) is 23.4 Å². The molecule has 2 N–H and O–H groups in total. The zero-order valence-electron chi connectivity index (χ0n) is 14.8. The molecule has 6 nitrogen and oxygen atoms in total. The quantitative estimate of drug-likeness (QED) is 0.715. The molecule has 3 aromatic rings. The van der Waals surface area contributed by atoms with E-state index < -0.39 is 0 Å². The number of carbonyl (C=O) groups is 2. The van der Waals surface area contributed by atoms with E-state index in [2.05, 4.69) is 15.6 Å². The number of thiazole rings is 1. The van der Waals surface area contributed by atoms with Gasteiger partial charge >= 0.3 is 0 Å². The largest absolute Gasteiger partial charge is 0.483 e. The van der Waals surface area contributed by atoms with Crippen LogP contribution in [-0.2, 0) is 9.59 Å². The third kappa shape index (κ3) is 4.18. The van der Waals surface area contributed by atoms with Crippen molar-refractivity contribution in [3.8, 4) is 5.75 Å². The Morgan fingerprint density at radius 3 is 2.54 bits per heavy atom. The van der Waals surface area contributed by atoms with E-state index in [4.69, 9.17) is 4.74 Å². The Balaban J connectivity index is 1.66. The third-order valence-electron chi connectivity index (χ3n) is 3.71. The van der Waals surface area contributed by atoms with Crippen molar-refractivity contribution in [3.05, 3.63) is 47.5 Å². The molecule has 0 fully saturated rings. The van der Waals surface area contributed by atoms with Crippen LogP contribution < -0.4 is 15.4 Å². The lowest BCUT2D eigenvalue weighted by Gasteiger charge is -2.11. The van der Waals surface area contributed by atoms with Crippen LogP contribution in [0.5, 0.6) is 5.75 Å². The van der Waals surface area contributed by atoms with Crippen LogP contribution in [0.3, 0.4) is 0 Å². The lowest BCUT2D eigenvalue weighted by molar-refractivity contribution is -0.118. The molecule has 134 valence electrons. The van der Waals surface area contributed by atoms with Crippen molar-refractivity contribution in [2.75, 3.05) is 17.2 Å². The Morgan fingerprint density at radius 2 is 1.85 bits per heavy atom. The highest BCUT2D eigenvalue weighted by Crippen LogP contribution is 2.28. The monoisotopic (exact) mass is 369 g/mol. The molecule has 3 rings (SSSR count). The first-order valence-electron chi connectivity index (χ1n) is 8.09. The van der Waals surface area contributed by atoms with Crippen molar-refractivity contribution in [3.63, 3.8) is 0 Å². The number of aromatic nitrogens is 1. The maximum absolute atomic E-state index is 12.2. The van der Waals surface area contributed by atoms with Crippen LogP contribution in [0.25, 0.3) is 10.2 Å². The summed E-state index contributed by atoms with van der Waals surface area (Å²) in [7, 11) is 0.